The van der Waals surface area contributed by atoms with Gasteiger partial charge in [0.25, 0.3) is 0 Å². The van der Waals surface area contributed by atoms with Crippen molar-refractivity contribution in [3.63, 3.8) is 0 Å². The molecule has 2 N–H and O–H groups in total. The summed E-state index contributed by atoms with van der Waals surface area (Å²) in [5, 5.41) is 0. The molecule has 2 aliphatic rings. The Kier molecular flexibility index (Phi) is 4.52. The minimum absolute atomic E-state index is 0.119. The number of ether oxygens (including phenoxy) is 2. The summed E-state index contributed by atoms with van der Waals surface area (Å²) >= 11 is 0. The number of amides is 1. The number of hydrogen-bond acceptors (Lipinski definition) is 4. The van der Waals surface area contributed by atoms with Crippen LogP contribution in [0.5, 0.6) is 11.5 Å². The van der Waals surface area contributed by atoms with Gasteiger partial charge in [0.2, 0.25) is 5.91 Å². The number of nitrogens with two attached hydrogens (primary N) is 1. The third-order valence-electron chi connectivity index (χ3n) is 4.71. The molecule has 0 aromatic heterocycles. The highest BCUT2D eigenvalue weighted by Crippen LogP contribution is 2.32. The second-order valence-electron chi connectivity index (χ2n) is 6.10. The molecule has 1 aromatic carbocycles. The second-order valence-corrected chi connectivity index (χ2v) is 6.10. The summed E-state index contributed by atoms with van der Waals surface area (Å²) < 4.78 is 11.0. The van der Waals surface area contributed by atoms with E-state index in [0.717, 1.165) is 42.9 Å². The van der Waals surface area contributed by atoms with Crippen molar-refractivity contribution in [1.29, 1.82) is 0 Å². The summed E-state index contributed by atoms with van der Waals surface area (Å²) in [4.78, 5) is 14.8. The van der Waals surface area contributed by atoms with E-state index >= 15 is 0 Å². The number of hydrogen-bond donors (Lipinski definition) is 1. The van der Waals surface area contributed by atoms with Crippen LogP contribution in [0.4, 0.5) is 0 Å². The zero-order valence-electron chi connectivity index (χ0n) is 13.1. The lowest BCUT2D eigenvalue weighted by molar-refractivity contribution is -0.140. The van der Waals surface area contributed by atoms with Crippen molar-refractivity contribution in [3.05, 3.63) is 23.8 Å². The number of methoxy groups -OCH3 is 1. The molecule has 2 aliphatic heterocycles. The van der Waals surface area contributed by atoms with E-state index in [2.05, 4.69) is 0 Å². The van der Waals surface area contributed by atoms with Crippen molar-refractivity contribution in [1.82, 2.24) is 4.90 Å². The van der Waals surface area contributed by atoms with Crippen molar-refractivity contribution >= 4 is 5.91 Å². The van der Waals surface area contributed by atoms with Gasteiger partial charge < -0.3 is 20.1 Å². The van der Waals surface area contributed by atoms with Gasteiger partial charge in [-0.3, -0.25) is 4.79 Å². The van der Waals surface area contributed by atoms with Gasteiger partial charge in [0.05, 0.1) is 13.0 Å². The maximum atomic E-state index is 12.8. The maximum absolute atomic E-state index is 12.8. The smallest absolute Gasteiger partial charge is 0.229 e. The molecule has 3 rings (SSSR count). The Morgan fingerprint density at radius 2 is 2.32 bits per heavy atom. The Balaban J connectivity index is 1.74. The van der Waals surface area contributed by atoms with Crippen molar-refractivity contribution in [2.75, 3.05) is 26.8 Å². The summed E-state index contributed by atoms with van der Waals surface area (Å²) in [6.07, 6.45) is 3.95. The average molecular weight is 304 g/mol. The fourth-order valence-electron chi connectivity index (χ4n) is 3.43. The van der Waals surface area contributed by atoms with Crippen LogP contribution in [-0.4, -0.2) is 43.7 Å². The summed E-state index contributed by atoms with van der Waals surface area (Å²) in [7, 11) is 1.65. The number of carbonyl (C=O) groups is 1. The van der Waals surface area contributed by atoms with Crippen molar-refractivity contribution in [2.45, 2.75) is 31.7 Å². The minimum atomic E-state index is -0.119. The first-order chi connectivity index (χ1) is 10.7. The molecule has 5 heteroatoms. The van der Waals surface area contributed by atoms with Crippen molar-refractivity contribution < 1.29 is 14.3 Å². The lowest BCUT2D eigenvalue weighted by Gasteiger charge is -2.38. The van der Waals surface area contributed by atoms with Crippen molar-refractivity contribution in [2.24, 2.45) is 11.7 Å². The highest BCUT2D eigenvalue weighted by Gasteiger charge is 2.33. The molecule has 2 heterocycles. The fraction of sp³-hybridized carbons (Fsp3) is 0.588. The number of fused-ring (bicyclic) bond motifs is 1. The predicted molar refractivity (Wildman–Crippen MR) is 84.1 cm³/mol. The topological polar surface area (TPSA) is 64.8 Å². The normalized spacial score (nSPS) is 24.4. The Hall–Kier alpha value is -1.75. The summed E-state index contributed by atoms with van der Waals surface area (Å²) in [6, 6.07) is 5.95. The molecule has 1 fully saturated rings. The van der Waals surface area contributed by atoms with Gasteiger partial charge in [-0.25, -0.2) is 0 Å². The van der Waals surface area contributed by atoms with Gasteiger partial charge in [-0.15, -0.1) is 0 Å². The van der Waals surface area contributed by atoms with E-state index in [9.17, 15) is 4.79 Å². The Morgan fingerprint density at radius 1 is 1.45 bits per heavy atom. The third kappa shape index (κ3) is 2.90. The van der Waals surface area contributed by atoms with Gasteiger partial charge in [0.1, 0.15) is 18.1 Å². The molecule has 2 atom stereocenters. The van der Waals surface area contributed by atoms with Gasteiger partial charge in [0, 0.05) is 19.1 Å². The minimum Gasteiger partial charge on any atom is -0.497 e. The van der Waals surface area contributed by atoms with Crippen LogP contribution in [0.3, 0.4) is 0 Å². The van der Waals surface area contributed by atoms with Gasteiger partial charge >= 0.3 is 0 Å². The van der Waals surface area contributed by atoms with Crippen LogP contribution in [-0.2, 0) is 11.2 Å². The second kappa shape index (κ2) is 6.57. The molecule has 1 amide bonds. The SMILES string of the molecule is COc1ccc2c(c1)CC(C(=O)N1CCCCC1CN)CO2. The Morgan fingerprint density at radius 3 is 3.09 bits per heavy atom. The fourth-order valence-corrected chi connectivity index (χ4v) is 3.43. The Labute approximate surface area is 131 Å². The monoisotopic (exact) mass is 304 g/mol. The van der Waals surface area contributed by atoms with E-state index in [-0.39, 0.29) is 17.9 Å². The zero-order chi connectivity index (χ0) is 15.5. The lowest BCUT2D eigenvalue weighted by Crippen LogP contribution is -2.51. The molecule has 0 aliphatic carbocycles. The van der Waals surface area contributed by atoms with E-state index < -0.39 is 0 Å². The van der Waals surface area contributed by atoms with Crippen LogP contribution in [0.2, 0.25) is 0 Å². The largest absolute Gasteiger partial charge is 0.497 e. The first kappa shape index (κ1) is 15.2. The Bertz CT molecular complexity index is 547. The van der Waals surface area contributed by atoms with Crippen LogP contribution in [0, 0.1) is 5.92 Å². The number of carbonyl (C=O) groups excluding carboxylic acids is 1. The van der Waals surface area contributed by atoms with E-state index in [0.29, 0.717) is 19.6 Å². The molecule has 2 unspecified atom stereocenters. The lowest BCUT2D eigenvalue weighted by atomic mass is 9.93. The molecule has 1 saturated heterocycles. The molecule has 1 aromatic rings. The highest BCUT2D eigenvalue weighted by atomic mass is 16.5. The molecular formula is C17H24N2O3. The molecule has 0 spiro atoms. The number of piperidine rings is 1. The number of rotatable bonds is 3. The number of benzene rings is 1. The first-order valence-electron chi connectivity index (χ1n) is 8.03. The molecule has 0 saturated carbocycles. The van der Waals surface area contributed by atoms with Crippen molar-refractivity contribution in [3.8, 4) is 11.5 Å². The van der Waals surface area contributed by atoms with Crippen LogP contribution < -0.4 is 15.2 Å². The van der Waals surface area contributed by atoms with E-state index in [1.54, 1.807) is 7.11 Å². The molecule has 0 bridgehead atoms. The van der Waals surface area contributed by atoms with Gasteiger partial charge in [-0.1, -0.05) is 0 Å². The molecule has 0 radical (unpaired) electrons. The van der Waals surface area contributed by atoms with Crippen LogP contribution >= 0.6 is 0 Å². The highest BCUT2D eigenvalue weighted by molar-refractivity contribution is 5.80. The first-order valence-corrected chi connectivity index (χ1v) is 8.03. The molecule has 120 valence electrons. The number of nitrogens with zero attached hydrogens (tertiary/aromatic N) is 1. The van der Waals surface area contributed by atoms with Gasteiger partial charge in [-0.2, -0.15) is 0 Å². The molecule has 5 nitrogen and oxygen atoms in total. The average Bonchev–Trinajstić information content (AvgIpc) is 2.60. The number of likely N-dealkylation sites (tertiary alicyclic amines) is 1. The summed E-state index contributed by atoms with van der Waals surface area (Å²) in [5.41, 5.74) is 6.88. The summed E-state index contributed by atoms with van der Waals surface area (Å²) in [5.74, 6) is 1.72. The van der Waals surface area contributed by atoms with Gasteiger partial charge in [0.15, 0.2) is 0 Å². The quantitative estimate of drug-likeness (QED) is 0.921. The third-order valence-corrected chi connectivity index (χ3v) is 4.71. The summed E-state index contributed by atoms with van der Waals surface area (Å²) in [6.45, 7) is 1.82. The van der Waals surface area contributed by atoms with Crippen LogP contribution in [0.1, 0.15) is 24.8 Å². The standard InChI is InChI=1S/C17H24N2O3/c1-21-15-5-6-16-12(9-15)8-13(11-22-16)17(20)19-7-3-2-4-14(19)10-18/h5-6,9,13-14H,2-4,7-8,10-11,18H2,1H3. The van der Waals surface area contributed by atoms with Crippen LogP contribution in [0.15, 0.2) is 18.2 Å². The van der Waals surface area contributed by atoms with E-state index in [1.165, 1.54) is 0 Å². The maximum Gasteiger partial charge on any atom is 0.229 e. The molecule has 22 heavy (non-hydrogen) atoms. The predicted octanol–water partition coefficient (Wildman–Crippen LogP) is 1.59. The van der Waals surface area contributed by atoms with Crippen LogP contribution in [0.25, 0.3) is 0 Å². The van der Waals surface area contributed by atoms with E-state index in [4.69, 9.17) is 15.2 Å². The van der Waals surface area contributed by atoms with Gasteiger partial charge in [-0.05, 0) is 49.4 Å². The molecular weight excluding hydrogens is 280 g/mol. The zero-order valence-corrected chi connectivity index (χ0v) is 13.1. The van der Waals surface area contributed by atoms with E-state index in [1.807, 2.05) is 23.1 Å².